The average molecular weight is 528 g/mol. The standard InChI is InChI=1S/C18H17ClF3N3O6S2/c19-15-5-4-13(18(20,21)22)11-16(15)32(27,28)24-23-17(26)12-2-1-3-14(10-12)33(29,30)25-6-8-31-9-7-25/h1-5,10-11,24H,6-9H2,(H,23,26). The fourth-order valence-corrected chi connectivity index (χ4v) is 5.68. The molecule has 0 bridgehead atoms. The molecule has 1 heterocycles. The van der Waals surface area contributed by atoms with E-state index in [1.54, 1.807) is 4.83 Å². The van der Waals surface area contributed by atoms with Crippen LogP contribution >= 0.6 is 11.6 Å². The predicted molar refractivity (Wildman–Crippen MR) is 110 cm³/mol. The summed E-state index contributed by atoms with van der Waals surface area (Å²) in [4.78, 5) is 13.0. The highest BCUT2D eigenvalue weighted by Gasteiger charge is 2.33. The molecule has 15 heteroatoms. The van der Waals surface area contributed by atoms with Gasteiger partial charge in [0.15, 0.2) is 0 Å². The van der Waals surface area contributed by atoms with Crippen LogP contribution in [0, 0.1) is 0 Å². The number of halogens is 4. The number of rotatable bonds is 6. The second-order valence-electron chi connectivity index (χ2n) is 6.75. The number of nitrogens with zero attached hydrogens (tertiary/aromatic N) is 1. The number of carbonyl (C=O) groups excluding carboxylic acids is 1. The topological polar surface area (TPSA) is 122 Å². The maximum atomic E-state index is 12.9. The fourth-order valence-electron chi connectivity index (χ4n) is 2.86. The highest BCUT2D eigenvalue weighted by atomic mass is 35.5. The van der Waals surface area contributed by atoms with E-state index < -0.39 is 47.6 Å². The minimum Gasteiger partial charge on any atom is -0.379 e. The third kappa shape index (κ3) is 5.83. The second-order valence-corrected chi connectivity index (χ2v) is 10.7. The molecule has 3 rings (SSSR count). The van der Waals surface area contributed by atoms with Crippen LogP contribution in [0.5, 0.6) is 0 Å². The normalized spacial score (nSPS) is 15.9. The van der Waals surface area contributed by atoms with Crippen LogP contribution in [0.25, 0.3) is 0 Å². The van der Waals surface area contributed by atoms with Crippen molar-refractivity contribution in [3.8, 4) is 0 Å². The molecular weight excluding hydrogens is 511 g/mol. The number of hydrogen-bond donors (Lipinski definition) is 2. The molecule has 0 saturated carbocycles. The maximum absolute atomic E-state index is 12.9. The first-order valence-electron chi connectivity index (χ1n) is 9.19. The van der Waals surface area contributed by atoms with E-state index in [9.17, 15) is 34.8 Å². The van der Waals surface area contributed by atoms with Gasteiger partial charge in [-0.15, -0.1) is 4.83 Å². The van der Waals surface area contributed by atoms with Crippen molar-refractivity contribution in [1.82, 2.24) is 14.6 Å². The van der Waals surface area contributed by atoms with E-state index in [-0.39, 0.29) is 36.8 Å². The Balaban J connectivity index is 1.78. The van der Waals surface area contributed by atoms with Crippen molar-refractivity contribution >= 4 is 37.6 Å². The number of sulfonamides is 2. The van der Waals surface area contributed by atoms with E-state index in [1.807, 2.05) is 5.43 Å². The van der Waals surface area contributed by atoms with Gasteiger partial charge in [0.25, 0.3) is 15.9 Å². The Hall–Kier alpha value is -2.23. The van der Waals surface area contributed by atoms with Crippen molar-refractivity contribution in [3.05, 3.63) is 58.6 Å². The Bertz CT molecular complexity index is 1260. The predicted octanol–water partition coefficient (Wildman–Crippen LogP) is 2.00. The number of hydrazine groups is 1. The third-order valence-corrected chi connectivity index (χ3v) is 8.17. The lowest BCUT2D eigenvalue weighted by atomic mass is 10.2. The van der Waals surface area contributed by atoms with E-state index in [0.29, 0.717) is 12.1 Å². The van der Waals surface area contributed by atoms with Crippen LogP contribution in [0.2, 0.25) is 5.02 Å². The summed E-state index contributed by atoms with van der Waals surface area (Å²) in [7, 11) is -8.60. The van der Waals surface area contributed by atoms with Gasteiger partial charge in [-0.1, -0.05) is 17.7 Å². The van der Waals surface area contributed by atoms with Crippen LogP contribution in [0.3, 0.4) is 0 Å². The minimum absolute atomic E-state index is 0.135. The zero-order valence-corrected chi connectivity index (χ0v) is 19.0. The number of benzene rings is 2. The lowest BCUT2D eigenvalue weighted by Crippen LogP contribution is -2.42. The van der Waals surface area contributed by atoms with Crippen molar-refractivity contribution in [1.29, 1.82) is 0 Å². The van der Waals surface area contributed by atoms with Crippen molar-refractivity contribution in [2.75, 3.05) is 26.3 Å². The van der Waals surface area contributed by atoms with Gasteiger partial charge in [0.1, 0.15) is 4.90 Å². The van der Waals surface area contributed by atoms with Crippen molar-refractivity contribution in [2.45, 2.75) is 16.0 Å². The lowest BCUT2D eigenvalue weighted by Gasteiger charge is -2.26. The number of ether oxygens (including phenoxy) is 1. The largest absolute Gasteiger partial charge is 0.416 e. The first-order chi connectivity index (χ1) is 15.3. The second kappa shape index (κ2) is 9.56. The number of nitrogens with one attached hydrogen (secondary N) is 2. The lowest BCUT2D eigenvalue weighted by molar-refractivity contribution is -0.137. The zero-order valence-electron chi connectivity index (χ0n) is 16.6. The molecule has 1 aliphatic heterocycles. The molecule has 0 aliphatic carbocycles. The molecule has 2 N–H and O–H groups in total. The van der Waals surface area contributed by atoms with Crippen molar-refractivity contribution in [3.63, 3.8) is 0 Å². The van der Waals surface area contributed by atoms with Gasteiger partial charge in [0, 0.05) is 18.7 Å². The zero-order chi connectivity index (χ0) is 24.4. The molecule has 2 aromatic rings. The monoisotopic (exact) mass is 527 g/mol. The summed E-state index contributed by atoms with van der Waals surface area (Å²) >= 11 is 5.73. The van der Waals surface area contributed by atoms with E-state index in [1.165, 1.54) is 22.5 Å². The highest BCUT2D eigenvalue weighted by Crippen LogP contribution is 2.33. The van der Waals surface area contributed by atoms with Crippen LogP contribution in [-0.4, -0.2) is 53.4 Å². The number of carbonyl (C=O) groups is 1. The van der Waals surface area contributed by atoms with Gasteiger partial charge in [-0.25, -0.2) is 16.8 Å². The summed E-state index contributed by atoms with van der Waals surface area (Å²) in [6.45, 7) is 0.713. The molecule has 2 aromatic carbocycles. The molecule has 33 heavy (non-hydrogen) atoms. The molecule has 0 radical (unpaired) electrons. The molecule has 1 aliphatic rings. The molecule has 1 saturated heterocycles. The molecule has 1 fully saturated rings. The van der Waals surface area contributed by atoms with E-state index >= 15 is 0 Å². The van der Waals surface area contributed by atoms with Gasteiger partial charge in [-0.05, 0) is 36.4 Å². The summed E-state index contributed by atoms with van der Waals surface area (Å²) < 4.78 is 95.3. The molecule has 0 atom stereocenters. The van der Waals surface area contributed by atoms with E-state index in [4.69, 9.17) is 16.3 Å². The van der Waals surface area contributed by atoms with Gasteiger partial charge >= 0.3 is 6.18 Å². The number of alkyl halides is 3. The third-order valence-electron chi connectivity index (χ3n) is 4.55. The Kier molecular flexibility index (Phi) is 7.36. The summed E-state index contributed by atoms with van der Waals surface area (Å²) in [5.41, 5.74) is 0.379. The first-order valence-corrected chi connectivity index (χ1v) is 12.5. The Morgan fingerprint density at radius 3 is 2.33 bits per heavy atom. The molecule has 1 amide bonds. The van der Waals surface area contributed by atoms with Crippen LogP contribution in [0.15, 0.2) is 52.3 Å². The Morgan fingerprint density at radius 2 is 1.70 bits per heavy atom. The minimum atomic E-state index is -4.81. The molecule has 9 nitrogen and oxygen atoms in total. The summed E-state index contributed by atoms with van der Waals surface area (Å²) in [5, 5.41) is -0.497. The van der Waals surface area contributed by atoms with Gasteiger partial charge in [0.2, 0.25) is 10.0 Å². The van der Waals surface area contributed by atoms with Gasteiger partial charge in [0.05, 0.1) is 28.7 Å². The van der Waals surface area contributed by atoms with E-state index in [2.05, 4.69) is 0 Å². The van der Waals surface area contributed by atoms with Crippen molar-refractivity contribution < 1.29 is 39.5 Å². The summed E-state index contributed by atoms with van der Waals surface area (Å²) in [6.07, 6.45) is -4.81. The Morgan fingerprint density at radius 1 is 1.03 bits per heavy atom. The molecule has 180 valence electrons. The van der Waals surface area contributed by atoms with Crippen LogP contribution < -0.4 is 10.3 Å². The average Bonchev–Trinajstić information content (AvgIpc) is 2.77. The van der Waals surface area contributed by atoms with Gasteiger partial charge in [-0.2, -0.15) is 17.5 Å². The van der Waals surface area contributed by atoms with Crippen LogP contribution in [0.4, 0.5) is 13.2 Å². The molecular formula is C18H17ClF3N3O6S2. The quantitative estimate of drug-likeness (QED) is 0.554. The number of hydrogen-bond acceptors (Lipinski definition) is 6. The van der Waals surface area contributed by atoms with E-state index in [0.717, 1.165) is 12.1 Å². The van der Waals surface area contributed by atoms with Gasteiger partial charge in [-0.3, -0.25) is 10.2 Å². The molecule has 0 spiro atoms. The molecule has 0 unspecified atom stereocenters. The maximum Gasteiger partial charge on any atom is 0.416 e. The molecule has 0 aromatic heterocycles. The van der Waals surface area contributed by atoms with Crippen LogP contribution in [0.1, 0.15) is 15.9 Å². The highest BCUT2D eigenvalue weighted by molar-refractivity contribution is 7.89. The summed E-state index contributed by atoms with van der Waals surface area (Å²) in [6, 6.07) is 6.55. The first kappa shape index (κ1) is 25.4. The summed E-state index contributed by atoms with van der Waals surface area (Å²) in [5.74, 6) is -1.04. The van der Waals surface area contributed by atoms with Gasteiger partial charge < -0.3 is 4.74 Å². The van der Waals surface area contributed by atoms with Crippen LogP contribution in [-0.2, 0) is 31.0 Å². The smallest absolute Gasteiger partial charge is 0.379 e. The number of morpholine rings is 1. The van der Waals surface area contributed by atoms with Crippen molar-refractivity contribution in [2.24, 2.45) is 0 Å². The SMILES string of the molecule is O=C(NNS(=O)(=O)c1cc(C(F)(F)F)ccc1Cl)c1cccc(S(=O)(=O)N2CCOCC2)c1. The number of amides is 1. The fraction of sp³-hybridized carbons (Fsp3) is 0.278. The Labute approximate surface area is 192 Å².